The molecule has 1 rings (SSSR count). The van der Waals surface area contributed by atoms with Gasteiger partial charge >= 0.3 is 23.9 Å². The van der Waals surface area contributed by atoms with E-state index in [4.69, 9.17) is 24.7 Å². The molecular formula is C28H43NO8. The lowest BCUT2D eigenvalue weighted by molar-refractivity contribution is -0.154. The first kappa shape index (κ1) is 32.1. The summed E-state index contributed by atoms with van der Waals surface area (Å²) < 4.78 is 21.5. The van der Waals surface area contributed by atoms with Crippen LogP contribution in [0.15, 0.2) is 18.2 Å². The van der Waals surface area contributed by atoms with E-state index in [0.717, 1.165) is 12.8 Å². The molecular weight excluding hydrogens is 478 g/mol. The van der Waals surface area contributed by atoms with Gasteiger partial charge in [-0.25, -0.2) is 0 Å². The lowest BCUT2D eigenvalue weighted by Crippen LogP contribution is -2.53. The molecule has 208 valence electrons. The van der Waals surface area contributed by atoms with Gasteiger partial charge in [-0.2, -0.15) is 0 Å². The van der Waals surface area contributed by atoms with Crippen molar-refractivity contribution in [2.24, 2.45) is 17.6 Å². The molecule has 3 unspecified atom stereocenters. The molecule has 0 amide bonds. The van der Waals surface area contributed by atoms with Crippen molar-refractivity contribution < 1.29 is 38.1 Å². The summed E-state index contributed by atoms with van der Waals surface area (Å²) in [6, 6.07) is 4.71. The first-order valence-electron chi connectivity index (χ1n) is 13.0. The summed E-state index contributed by atoms with van der Waals surface area (Å²) in [5.74, 6) is -2.46. The van der Waals surface area contributed by atoms with Crippen molar-refractivity contribution in [3.63, 3.8) is 0 Å². The number of methoxy groups -OCH3 is 1. The molecule has 9 heteroatoms. The SMILES string of the molecule is CCCC(C)C(=O)Oc1ccc(CC(N)(C[C@H](C)OC(=O)CC)C(=O)OC)cc1OC(=O)C(C)CCC. The van der Waals surface area contributed by atoms with Crippen LogP contribution in [0.4, 0.5) is 0 Å². The van der Waals surface area contributed by atoms with Crippen molar-refractivity contribution in [2.45, 2.75) is 98.1 Å². The minimum absolute atomic E-state index is 0.00319. The molecule has 0 aliphatic carbocycles. The first-order valence-corrected chi connectivity index (χ1v) is 13.0. The lowest BCUT2D eigenvalue weighted by atomic mass is 9.86. The summed E-state index contributed by atoms with van der Waals surface area (Å²) in [5.41, 5.74) is 5.50. The summed E-state index contributed by atoms with van der Waals surface area (Å²) >= 11 is 0. The molecule has 1 aromatic rings. The summed E-state index contributed by atoms with van der Waals surface area (Å²) in [6.07, 6.45) is 2.51. The van der Waals surface area contributed by atoms with Crippen molar-refractivity contribution in [3.8, 4) is 11.5 Å². The van der Waals surface area contributed by atoms with Crippen LogP contribution in [0.25, 0.3) is 0 Å². The Kier molecular flexibility index (Phi) is 13.3. The molecule has 0 heterocycles. The van der Waals surface area contributed by atoms with Crippen molar-refractivity contribution in [1.82, 2.24) is 0 Å². The van der Waals surface area contributed by atoms with Gasteiger partial charge in [-0.3, -0.25) is 19.2 Å². The Morgan fingerprint density at radius 3 is 1.92 bits per heavy atom. The molecule has 4 atom stereocenters. The fourth-order valence-corrected chi connectivity index (χ4v) is 4.00. The molecule has 0 saturated carbocycles. The van der Waals surface area contributed by atoms with Crippen LogP contribution in [-0.2, 0) is 35.1 Å². The van der Waals surface area contributed by atoms with E-state index in [1.54, 1.807) is 33.8 Å². The predicted octanol–water partition coefficient (Wildman–Crippen LogP) is 4.51. The highest BCUT2D eigenvalue weighted by atomic mass is 16.6. The van der Waals surface area contributed by atoms with Gasteiger partial charge in [0.15, 0.2) is 11.5 Å². The standard InChI is InChI=1S/C28H43NO8/c1-8-11-18(4)25(31)36-22-14-13-21(15-23(22)37-26(32)19(5)12-9-2)17-28(29,27(33)34-7)16-20(6)35-24(30)10-3/h13-15,18-20H,8-12,16-17,29H2,1-7H3/t18?,19?,20-,28?/m0/s1. The van der Waals surface area contributed by atoms with Gasteiger partial charge in [0.05, 0.1) is 18.9 Å². The van der Waals surface area contributed by atoms with Crippen molar-refractivity contribution >= 4 is 23.9 Å². The Bertz CT molecular complexity index is 931. The zero-order valence-corrected chi connectivity index (χ0v) is 23.3. The van der Waals surface area contributed by atoms with Gasteiger partial charge < -0.3 is 24.7 Å². The van der Waals surface area contributed by atoms with Crippen molar-refractivity contribution in [1.29, 1.82) is 0 Å². The van der Waals surface area contributed by atoms with Crippen LogP contribution in [-0.4, -0.2) is 42.6 Å². The molecule has 1 aromatic carbocycles. The minimum Gasteiger partial charge on any atom is -0.468 e. The normalized spacial score (nSPS) is 15.0. The monoisotopic (exact) mass is 521 g/mol. The number of carbonyl (C=O) groups is 4. The molecule has 0 radical (unpaired) electrons. The number of rotatable bonds is 15. The van der Waals surface area contributed by atoms with Crippen LogP contribution in [0.3, 0.4) is 0 Å². The Morgan fingerprint density at radius 1 is 0.892 bits per heavy atom. The third kappa shape index (κ3) is 10.1. The molecule has 0 spiro atoms. The molecule has 0 aliphatic rings. The van der Waals surface area contributed by atoms with E-state index in [9.17, 15) is 19.2 Å². The molecule has 0 aliphatic heterocycles. The zero-order valence-electron chi connectivity index (χ0n) is 23.3. The Labute approximate surface area is 220 Å². The van der Waals surface area contributed by atoms with Crippen molar-refractivity contribution in [2.75, 3.05) is 7.11 Å². The zero-order chi connectivity index (χ0) is 28.2. The second kappa shape index (κ2) is 15.3. The second-order valence-electron chi connectivity index (χ2n) is 9.69. The van der Waals surface area contributed by atoms with E-state index in [0.29, 0.717) is 18.4 Å². The van der Waals surface area contributed by atoms with Crippen LogP contribution in [0, 0.1) is 11.8 Å². The topological polar surface area (TPSA) is 131 Å². The van der Waals surface area contributed by atoms with Gasteiger partial charge in [0.25, 0.3) is 0 Å². The van der Waals surface area contributed by atoms with E-state index in [2.05, 4.69) is 0 Å². The van der Waals surface area contributed by atoms with Crippen LogP contribution in [0.1, 0.15) is 85.6 Å². The van der Waals surface area contributed by atoms with Gasteiger partial charge in [0, 0.05) is 19.3 Å². The van der Waals surface area contributed by atoms with E-state index in [1.165, 1.54) is 19.2 Å². The number of hydrogen-bond acceptors (Lipinski definition) is 9. The van der Waals surface area contributed by atoms with Gasteiger partial charge in [0.1, 0.15) is 11.6 Å². The van der Waals surface area contributed by atoms with Crippen LogP contribution >= 0.6 is 0 Å². The first-order chi connectivity index (χ1) is 17.4. The van der Waals surface area contributed by atoms with Crippen LogP contribution < -0.4 is 15.2 Å². The third-order valence-corrected chi connectivity index (χ3v) is 6.06. The van der Waals surface area contributed by atoms with Crippen molar-refractivity contribution in [3.05, 3.63) is 23.8 Å². The van der Waals surface area contributed by atoms with E-state index in [1.807, 2.05) is 13.8 Å². The number of benzene rings is 1. The van der Waals surface area contributed by atoms with E-state index >= 15 is 0 Å². The average Bonchev–Trinajstić information content (AvgIpc) is 2.84. The summed E-state index contributed by atoms with van der Waals surface area (Å²) in [4.78, 5) is 49.6. The number of carbonyl (C=O) groups excluding carboxylic acids is 4. The fraction of sp³-hybridized carbons (Fsp3) is 0.643. The molecule has 37 heavy (non-hydrogen) atoms. The summed E-state index contributed by atoms with van der Waals surface area (Å²) in [6.45, 7) is 10.8. The largest absolute Gasteiger partial charge is 0.468 e. The average molecular weight is 522 g/mol. The lowest BCUT2D eigenvalue weighted by Gasteiger charge is -2.29. The summed E-state index contributed by atoms with van der Waals surface area (Å²) in [5, 5.41) is 0. The summed E-state index contributed by atoms with van der Waals surface area (Å²) in [7, 11) is 1.23. The van der Waals surface area contributed by atoms with Gasteiger partial charge in [-0.1, -0.05) is 53.5 Å². The molecule has 0 bridgehead atoms. The number of hydrogen-bond donors (Lipinski definition) is 1. The molecule has 0 aromatic heterocycles. The maximum Gasteiger partial charge on any atom is 0.326 e. The highest BCUT2D eigenvalue weighted by molar-refractivity contribution is 5.81. The maximum atomic E-state index is 12.7. The Morgan fingerprint density at radius 2 is 1.43 bits per heavy atom. The Balaban J connectivity index is 3.32. The van der Waals surface area contributed by atoms with Gasteiger partial charge in [-0.15, -0.1) is 0 Å². The second-order valence-corrected chi connectivity index (χ2v) is 9.69. The van der Waals surface area contributed by atoms with Gasteiger partial charge in [0.2, 0.25) is 0 Å². The smallest absolute Gasteiger partial charge is 0.326 e. The Hall–Kier alpha value is -2.94. The maximum absolute atomic E-state index is 12.7. The number of esters is 4. The number of nitrogens with two attached hydrogens (primary N) is 1. The minimum atomic E-state index is -1.52. The molecule has 2 N–H and O–H groups in total. The molecule has 0 fully saturated rings. The van der Waals surface area contributed by atoms with Crippen LogP contribution in [0.5, 0.6) is 11.5 Å². The number of ether oxygens (including phenoxy) is 4. The predicted molar refractivity (Wildman–Crippen MR) is 139 cm³/mol. The highest BCUT2D eigenvalue weighted by Gasteiger charge is 2.38. The third-order valence-electron chi connectivity index (χ3n) is 6.06. The fourth-order valence-electron chi connectivity index (χ4n) is 4.00. The molecule has 9 nitrogen and oxygen atoms in total. The molecule has 0 saturated heterocycles. The van der Waals surface area contributed by atoms with Crippen LogP contribution in [0.2, 0.25) is 0 Å². The van der Waals surface area contributed by atoms with Gasteiger partial charge in [-0.05, 0) is 37.5 Å². The van der Waals surface area contributed by atoms with E-state index in [-0.39, 0.29) is 42.6 Å². The highest BCUT2D eigenvalue weighted by Crippen LogP contribution is 2.32. The van der Waals surface area contributed by atoms with E-state index < -0.39 is 35.5 Å². The quantitative estimate of drug-likeness (QED) is 0.261.